The van der Waals surface area contributed by atoms with Gasteiger partial charge in [-0.2, -0.15) is 0 Å². The number of fused-ring (bicyclic) bond motifs is 3. The molecule has 9 aromatic rings. The zero-order valence-electron chi connectivity index (χ0n) is 38.9. The van der Waals surface area contributed by atoms with Crippen molar-refractivity contribution in [2.75, 3.05) is 9.80 Å². The van der Waals surface area contributed by atoms with Gasteiger partial charge in [0.05, 0.1) is 17.1 Å². The van der Waals surface area contributed by atoms with Crippen LogP contribution < -0.4 is 9.80 Å². The minimum Gasteiger partial charge on any atom is -0.310 e. The monoisotopic (exact) mass is 832 g/mol. The Morgan fingerprint density at radius 3 is 1.36 bits per heavy atom. The van der Waals surface area contributed by atoms with Gasteiger partial charge in [-0.25, -0.2) is 0 Å². The normalized spacial score (nSPS) is 12.1. The molecule has 0 aliphatic heterocycles. The summed E-state index contributed by atoms with van der Waals surface area (Å²) < 4.78 is 0. The Kier molecular flexibility index (Phi) is 11.0. The average molecular weight is 833 g/mol. The lowest BCUT2D eigenvalue weighted by Gasteiger charge is -2.36. The van der Waals surface area contributed by atoms with Gasteiger partial charge in [0.2, 0.25) is 0 Å². The molecule has 0 unspecified atom stereocenters. The molecule has 0 fully saturated rings. The van der Waals surface area contributed by atoms with Crippen molar-refractivity contribution in [1.82, 2.24) is 0 Å². The van der Waals surface area contributed by atoms with E-state index in [1.807, 2.05) is 0 Å². The Labute approximate surface area is 381 Å². The van der Waals surface area contributed by atoms with Gasteiger partial charge in [-0.05, 0) is 126 Å². The molecular weight excluding hydrogens is 773 g/mol. The predicted molar refractivity (Wildman–Crippen MR) is 278 cm³/mol. The second kappa shape index (κ2) is 16.7. The molecular formula is C62H60N2. The molecule has 64 heavy (non-hydrogen) atoms. The second-order valence-corrected chi connectivity index (χ2v) is 20.3. The summed E-state index contributed by atoms with van der Waals surface area (Å²) in [5, 5.41) is 4.92. The average Bonchev–Trinajstić information content (AvgIpc) is 3.29. The van der Waals surface area contributed by atoms with Crippen molar-refractivity contribution in [3.63, 3.8) is 0 Å². The highest BCUT2D eigenvalue weighted by atomic mass is 15.2. The molecule has 9 rings (SSSR count). The number of benzene rings is 9. The van der Waals surface area contributed by atoms with Crippen LogP contribution in [0.25, 0.3) is 43.8 Å². The summed E-state index contributed by atoms with van der Waals surface area (Å²) in [5.41, 5.74) is 15.0. The van der Waals surface area contributed by atoms with Crippen LogP contribution in [0.15, 0.2) is 200 Å². The third kappa shape index (κ3) is 8.33. The zero-order valence-corrected chi connectivity index (χ0v) is 38.9. The number of nitrogens with zero attached hydrogens (tertiary/aromatic N) is 2. The standard InChI is InChI=1S/C62H60N2/c1-60(2,3)47-31-35-51(36-32-47)63(50-25-14-11-15-26-50)57-41-49(62(7,8)9)42-58(59(57)46-24-18-23-45(40-46)43-20-12-10-13-21-43)64(52-37-33-48(34-38-52)61(4,5)6)56-29-19-28-54-53-27-17-16-22-44(53)30-39-55(54)56/h10-42H,1-9H3. The largest absolute Gasteiger partial charge is 0.310 e. The number of hydrogen-bond donors (Lipinski definition) is 0. The van der Waals surface area contributed by atoms with Gasteiger partial charge in [0.15, 0.2) is 0 Å². The van der Waals surface area contributed by atoms with E-state index in [1.165, 1.54) is 49.4 Å². The van der Waals surface area contributed by atoms with E-state index in [0.29, 0.717) is 0 Å². The summed E-state index contributed by atoms with van der Waals surface area (Å²) in [7, 11) is 0. The smallest absolute Gasteiger partial charge is 0.0564 e. The Hall–Kier alpha value is -6.90. The molecule has 0 aliphatic rings. The van der Waals surface area contributed by atoms with Gasteiger partial charge in [0.25, 0.3) is 0 Å². The van der Waals surface area contributed by atoms with Gasteiger partial charge in [0.1, 0.15) is 0 Å². The van der Waals surface area contributed by atoms with E-state index in [9.17, 15) is 0 Å². The Morgan fingerprint density at radius 1 is 0.281 bits per heavy atom. The second-order valence-electron chi connectivity index (χ2n) is 20.3. The first-order valence-electron chi connectivity index (χ1n) is 22.8. The lowest BCUT2D eigenvalue weighted by atomic mass is 9.83. The highest BCUT2D eigenvalue weighted by Gasteiger charge is 2.30. The maximum Gasteiger partial charge on any atom is 0.0564 e. The van der Waals surface area contributed by atoms with Crippen molar-refractivity contribution in [3.8, 4) is 22.3 Å². The molecule has 318 valence electrons. The van der Waals surface area contributed by atoms with Crippen LogP contribution in [0.4, 0.5) is 34.1 Å². The Balaban J connectivity index is 1.44. The van der Waals surface area contributed by atoms with E-state index in [4.69, 9.17) is 0 Å². The van der Waals surface area contributed by atoms with Crippen LogP contribution in [0.3, 0.4) is 0 Å². The number of anilines is 6. The van der Waals surface area contributed by atoms with Crippen molar-refractivity contribution >= 4 is 55.7 Å². The molecule has 0 radical (unpaired) electrons. The molecule has 0 heterocycles. The fourth-order valence-corrected chi connectivity index (χ4v) is 9.03. The van der Waals surface area contributed by atoms with Gasteiger partial charge in [-0.1, -0.05) is 202 Å². The molecule has 0 aliphatic carbocycles. The van der Waals surface area contributed by atoms with Crippen molar-refractivity contribution in [1.29, 1.82) is 0 Å². The molecule has 2 heteroatoms. The quantitative estimate of drug-likeness (QED) is 0.141. The summed E-state index contributed by atoms with van der Waals surface area (Å²) in [6, 6.07) is 74.4. The number of para-hydroxylation sites is 1. The van der Waals surface area contributed by atoms with Crippen LogP contribution in [0, 0.1) is 0 Å². The van der Waals surface area contributed by atoms with Gasteiger partial charge < -0.3 is 9.80 Å². The Morgan fingerprint density at radius 2 is 0.750 bits per heavy atom. The first-order chi connectivity index (χ1) is 30.6. The summed E-state index contributed by atoms with van der Waals surface area (Å²) in [6.07, 6.45) is 0. The number of hydrogen-bond acceptors (Lipinski definition) is 2. The van der Waals surface area contributed by atoms with Gasteiger partial charge >= 0.3 is 0 Å². The number of rotatable bonds is 8. The van der Waals surface area contributed by atoms with E-state index < -0.39 is 0 Å². The van der Waals surface area contributed by atoms with Crippen LogP contribution in [0.1, 0.15) is 79.0 Å². The van der Waals surface area contributed by atoms with Gasteiger partial charge in [0, 0.05) is 28.0 Å². The van der Waals surface area contributed by atoms with Crippen LogP contribution in [-0.2, 0) is 16.2 Å². The molecule has 0 aromatic heterocycles. The molecule has 9 aromatic carbocycles. The maximum absolute atomic E-state index is 2.54. The molecule has 0 atom stereocenters. The summed E-state index contributed by atoms with van der Waals surface area (Å²) in [5.74, 6) is 0. The Bertz CT molecular complexity index is 3070. The predicted octanol–water partition coefficient (Wildman–Crippen LogP) is 18.2. The van der Waals surface area contributed by atoms with Gasteiger partial charge in [-0.15, -0.1) is 0 Å². The van der Waals surface area contributed by atoms with E-state index >= 15 is 0 Å². The van der Waals surface area contributed by atoms with E-state index in [0.717, 1.165) is 45.3 Å². The molecule has 2 nitrogen and oxygen atoms in total. The van der Waals surface area contributed by atoms with Crippen molar-refractivity contribution in [2.24, 2.45) is 0 Å². The summed E-state index contributed by atoms with van der Waals surface area (Å²) >= 11 is 0. The third-order valence-electron chi connectivity index (χ3n) is 12.7. The summed E-state index contributed by atoms with van der Waals surface area (Å²) in [6.45, 7) is 20.7. The van der Waals surface area contributed by atoms with Crippen molar-refractivity contribution in [2.45, 2.75) is 78.6 Å². The highest BCUT2D eigenvalue weighted by molar-refractivity contribution is 6.13. The molecule has 0 saturated heterocycles. The minimum atomic E-state index is -0.191. The van der Waals surface area contributed by atoms with Crippen molar-refractivity contribution < 1.29 is 0 Å². The van der Waals surface area contributed by atoms with E-state index in [1.54, 1.807) is 0 Å². The van der Waals surface area contributed by atoms with Crippen LogP contribution >= 0.6 is 0 Å². The lowest BCUT2D eigenvalue weighted by Crippen LogP contribution is -2.20. The topological polar surface area (TPSA) is 6.48 Å². The molecule has 0 N–H and O–H groups in total. The van der Waals surface area contributed by atoms with Gasteiger partial charge in [-0.3, -0.25) is 0 Å². The van der Waals surface area contributed by atoms with Crippen LogP contribution in [0.2, 0.25) is 0 Å². The van der Waals surface area contributed by atoms with Crippen LogP contribution in [-0.4, -0.2) is 0 Å². The maximum atomic E-state index is 2.54. The SMILES string of the molecule is CC(C)(C)c1ccc(N(c2ccccc2)c2cc(C(C)(C)C)cc(N(c3ccc(C(C)(C)C)cc3)c3cccc4c3ccc3ccccc34)c2-c2cccc(-c3ccccc3)c2)cc1. The van der Waals surface area contributed by atoms with Crippen LogP contribution in [0.5, 0.6) is 0 Å². The molecule has 0 amide bonds. The van der Waals surface area contributed by atoms with E-state index in [2.05, 4.69) is 272 Å². The molecule has 0 bridgehead atoms. The zero-order chi connectivity index (χ0) is 44.8. The first-order valence-corrected chi connectivity index (χ1v) is 22.8. The first kappa shape index (κ1) is 42.4. The highest BCUT2D eigenvalue weighted by Crippen LogP contribution is 2.52. The lowest BCUT2D eigenvalue weighted by molar-refractivity contribution is 0.589. The molecule has 0 spiro atoms. The fraction of sp³-hybridized carbons (Fsp3) is 0.194. The fourth-order valence-electron chi connectivity index (χ4n) is 9.03. The minimum absolute atomic E-state index is 0.00278. The summed E-state index contributed by atoms with van der Waals surface area (Å²) in [4.78, 5) is 5.02. The van der Waals surface area contributed by atoms with E-state index in [-0.39, 0.29) is 16.2 Å². The van der Waals surface area contributed by atoms with Crippen molar-refractivity contribution in [3.05, 3.63) is 217 Å². The molecule has 0 saturated carbocycles. The third-order valence-corrected chi connectivity index (χ3v) is 12.7.